The Morgan fingerprint density at radius 2 is 2.00 bits per heavy atom. The Labute approximate surface area is 133 Å². The number of aliphatic hydroxyl groups excluding tert-OH is 1. The first kappa shape index (κ1) is 19.2. The molecule has 0 aromatic carbocycles. The Kier molecular flexibility index (Phi) is 8.14. The third kappa shape index (κ3) is 7.42. The maximum Gasteiger partial charge on any atom is 0.410 e. The average Bonchev–Trinajstić information content (AvgIpc) is 2.42. The summed E-state index contributed by atoms with van der Waals surface area (Å²) in [5, 5.41) is 10.1. The molecule has 1 aliphatic rings. The number of carbonyl (C=O) groups is 1. The standard InChI is InChI=1S/C16H31NO5/c1-16(2,3)22-15(19)17-8-6-14(18)13(12-17)7-11-21-10-5-9-20-4/h13-14,18H,5-12H2,1-4H3. The summed E-state index contributed by atoms with van der Waals surface area (Å²) in [6.45, 7) is 8.58. The van der Waals surface area contributed by atoms with Crippen LogP contribution in [-0.4, -0.2) is 67.8 Å². The van der Waals surface area contributed by atoms with Gasteiger partial charge in [0.25, 0.3) is 0 Å². The lowest BCUT2D eigenvalue weighted by atomic mass is 9.92. The highest BCUT2D eigenvalue weighted by atomic mass is 16.6. The maximum atomic E-state index is 12.1. The lowest BCUT2D eigenvalue weighted by molar-refractivity contribution is -0.0169. The molecule has 0 spiro atoms. The molecule has 0 aliphatic carbocycles. The van der Waals surface area contributed by atoms with Gasteiger partial charge < -0.3 is 24.2 Å². The van der Waals surface area contributed by atoms with Gasteiger partial charge in [0.2, 0.25) is 0 Å². The van der Waals surface area contributed by atoms with Crippen molar-refractivity contribution in [3.8, 4) is 0 Å². The van der Waals surface area contributed by atoms with Crippen molar-refractivity contribution in [1.82, 2.24) is 4.90 Å². The molecule has 0 aromatic heterocycles. The minimum atomic E-state index is -0.493. The zero-order valence-corrected chi connectivity index (χ0v) is 14.3. The van der Waals surface area contributed by atoms with E-state index in [0.717, 1.165) is 12.8 Å². The maximum absolute atomic E-state index is 12.1. The van der Waals surface area contributed by atoms with Crippen LogP contribution in [0.15, 0.2) is 0 Å². The van der Waals surface area contributed by atoms with Crippen molar-refractivity contribution < 1.29 is 24.1 Å². The molecule has 0 saturated carbocycles. The van der Waals surface area contributed by atoms with Gasteiger partial charge in [0.05, 0.1) is 6.10 Å². The number of hydrogen-bond acceptors (Lipinski definition) is 5. The first-order valence-corrected chi connectivity index (χ1v) is 8.06. The fraction of sp³-hybridized carbons (Fsp3) is 0.938. The highest BCUT2D eigenvalue weighted by Gasteiger charge is 2.32. The Bertz CT molecular complexity index is 329. The Balaban J connectivity index is 2.32. The van der Waals surface area contributed by atoms with E-state index < -0.39 is 5.60 Å². The number of piperidine rings is 1. The van der Waals surface area contributed by atoms with Gasteiger partial charge in [-0.1, -0.05) is 0 Å². The van der Waals surface area contributed by atoms with E-state index >= 15 is 0 Å². The largest absolute Gasteiger partial charge is 0.444 e. The smallest absolute Gasteiger partial charge is 0.410 e. The highest BCUT2D eigenvalue weighted by Crippen LogP contribution is 2.22. The van der Waals surface area contributed by atoms with Gasteiger partial charge >= 0.3 is 6.09 Å². The summed E-state index contributed by atoms with van der Waals surface area (Å²) in [5.41, 5.74) is -0.493. The van der Waals surface area contributed by atoms with E-state index in [-0.39, 0.29) is 18.1 Å². The fourth-order valence-electron chi connectivity index (χ4n) is 2.44. The van der Waals surface area contributed by atoms with Gasteiger partial charge in [0.1, 0.15) is 5.60 Å². The van der Waals surface area contributed by atoms with E-state index in [1.807, 2.05) is 20.8 Å². The minimum absolute atomic E-state index is 0.0451. The molecule has 6 heteroatoms. The molecule has 0 radical (unpaired) electrons. The van der Waals surface area contributed by atoms with Gasteiger partial charge in [-0.15, -0.1) is 0 Å². The van der Waals surface area contributed by atoms with Crippen LogP contribution >= 0.6 is 0 Å². The predicted molar refractivity (Wildman–Crippen MR) is 83.8 cm³/mol. The monoisotopic (exact) mass is 317 g/mol. The number of nitrogens with zero attached hydrogens (tertiary/aromatic N) is 1. The second-order valence-corrected chi connectivity index (χ2v) is 6.79. The first-order valence-electron chi connectivity index (χ1n) is 8.06. The first-order chi connectivity index (χ1) is 10.3. The van der Waals surface area contributed by atoms with Crippen LogP contribution in [-0.2, 0) is 14.2 Å². The molecule has 2 atom stereocenters. The summed E-state index contributed by atoms with van der Waals surface area (Å²) in [7, 11) is 1.67. The second-order valence-electron chi connectivity index (χ2n) is 6.79. The molecule has 1 rings (SSSR count). The fourth-order valence-corrected chi connectivity index (χ4v) is 2.44. The molecule has 1 amide bonds. The molecule has 22 heavy (non-hydrogen) atoms. The Morgan fingerprint density at radius 1 is 1.27 bits per heavy atom. The average molecular weight is 317 g/mol. The zero-order valence-electron chi connectivity index (χ0n) is 14.3. The molecule has 1 aliphatic heterocycles. The summed E-state index contributed by atoms with van der Waals surface area (Å²) in [6, 6.07) is 0. The SMILES string of the molecule is COCCCOCCC1CN(C(=O)OC(C)(C)C)CCC1O. The van der Waals surface area contributed by atoms with Gasteiger partial charge in [-0.25, -0.2) is 4.79 Å². The molecule has 0 aromatic rings. The van der Waals surface area contributed by atoms with Crippen molar-refractivity contribution in [1.29, 1.82) is 0 Å². The molecular formula is C16H31NO5. The molecule has 1 heterocycles. The topological polar surface area (TPSA) is 68.2 Å². The third-order valence-electron chi connectivity index (χ3n) is 3.62. The number of hydrogen-bond donors (Lipinski definition) is 1. The van der Waals surface area contributed by atoms with Crippen LogP contribution in [0.3, 0.4) is 0 Å². The summed E-state index contributed by atoms with van der Waals surface area (Å²) < 4.78 is 15.9. The molecular weight excluding hydrogens is 286 g/mol. The van der Waals surface area contributed by atoms with E-state index in [1.165, 1.54) is 0 Å². The highest BCUT2D eigenvalue weighted by molar-refractivity contribution is 5.68. The van der Waals surface area contributed by atoms with Crippen molar-refractivity contribution >= 4 is 6.09 Å². The van der Waals surface area contributed by atoms with Crippen LogP contribution in [0.4, 0.5) is 4.79 Å². The van der Waals surface area contributed by atoms with Crippen LogP contribution in [0.1, 0.15) is 40.0 Å². The number of methoxy groups -OCH3 is 1. The van der Waals surface area contributed by atoms with Crippen molar-refractivity contribution in [2.45, 2.75) is 51.7 Å². The van der Waals surface area contributed by atoms with E-state index in [0.29, 0.717) is 39.3 Å². The number of likely N-dealkylation sites (tertiary alicyclic amines) is 1. The van der Waals surface area contributed by atoms with Crippen molar-refractivity contribution in [3.63, 3.8) is 0 Å². The van der Waals surface area contributed by atoms with Crippen molar-refractivity contribution in [2.24, 2.45) is 5.92 Å². The number of rotatable bonds is 7. The van der Waals surface area contributed by atoms with Gasteiger partial charge in [0, 0.05) is 45.9 Å². The van der Waals surface area contributed by atoms with Crippen LogP contribution in [0.2, 0.25) is 0 Å². The molecule has 6 nitrogen and oxygen atoms in total. The molecule has 0 bridgehead atoms. The quantitative estimate of drug-likeness (QED) is 0.728. The third-order valence-corrected chi connectivity index (χ3v) is 3.62. The van der Waals surface area contributed by atoms with Crippen LogP contribution < -0.4 is 0 Å². The summed E-state index contributed by atoms with van der Waals surface area (Å²) in [6.07, 6.45) is 1.53. The summed E-state index contributed by atoms with van der Waals surface area (Å²) >= 11 is 0. The van der Waals surface area contributed by atoms with Crippen LogP contribution in [0.25, 0.3) is 0 Å². The van der Waals surface area contributed by atoms with Crippen molar-refractivity contribution in [3.05, 3.63) is 0 Å². The van der Waals surface area contributed by atoms with Gasteiger partial charge in [-0.3, -0.25) is 0 Å². The Morgan fingerprint density at radius 3 is 2.64 bits per heavy atom. The molecule has 2 unspecified atom stereocenters. The van der Waals surface area contributed by atoms with Gasteiger partial charge in [-0.05, 0) is 40.0 Å². The van der Waals surface area contributed by atoms with Gasteiger partial charge in [0.15, 0.2) is 0 Å². The van der Waals surface area contributed by atoms with E-state index in [2.05, 4.69) is 0 Å². The van der Waals surface area contributed by atoms with Crippen LogP contribution in [0.5, 0.6) is 0 Å². The molecule has 1 fully saturated rings. The summed E-state index contributed by atoms with van der Waals surface area (Å²) in [5.74, 6) is 0.0451. The summed E-state index contributed by atoms with van der Waals surface area (Å²) in [4.78, 5) is 13.8. The minimum Gasteiger partial charge on any atom is -0.444 e. The lowest BCUT2D eigenvalue weighted by Gasteiger charge is -2.37. The molecule has 1 N–H and O–H groups in total. The molecule has 130 valence electrons. The Hall–Kier alpha value is -0.850. The number of aliphatic hydroxyl groups is 1. The normalized spacial score (nSPS) is 22.7. The zero-order chi connectivity index (χ0) is 16.6. The van der Waals surface area contributed by atoms with Crippen LogP contribution in [0, 0.1) is 5.92 Å². The molecule has 1 saturated heterocycles. The van der Waals surface area contributed by atoms with E-state index in [4.69, 9.17) is 14.2 Å². The number of ether oxygens (including phenoxy) is 3. The second kappa shape index (κ2) is 9.33. The van der Waals surface area contributed by atoms with Crippen molar-refractivity contribution in [2.75, 3.05) is 40.0 Å². The predicted octanol–water partition coefficient (Wildman–Crippen LogP) is 2.05. The van der Waals surface area contributed by atoms with Gasteiger partial charge in [-0.2, -0.15) is 0 Å². The lowest BCUT2D eigenvalue weighted by Crippen LogP contribution is -2.47. The van der Waals surface area contributed by atoms with E-state index in [1.54, 1.807) is 12.0 Å². The number of amides is 1. The number of carbonyl (C=O) groups excluding carboxylic acids is 1. The van der Waals surface area contributed by atoms with E-state index in [9.17, 15) is 9.90 Å².